The summed E-state index contributed by atoms with van der Waals surface area (Å²) < 4.78 is 0. The molecule has 0 aliphatic rings. The fourth-order valence-electron chi connectivity index (χ4n) is 2.34. The molecule has 0 aliphatic carbocycles. The first-order valence-electron chi connectivity index (χ1n) is 7.61. The van der Waals surface area contributed by atoms with Crippen molar-refractivity contribution in [2.24, 2.45) is 0 Å². The zero-order valence-electron chi connectivity index (χ0n) is 12.8. The zero-order valence-corrected chi connectivity index (χ0v) is 12.8. The van der Waals surface area contributed by atoms with Crippen molar-refractivity contribution in [2.75, 3.05) is 5.32 Å². The fraction of sp³-hybridized carbons (Fsp3) is 0.368. The summed E-state index contributed by atoms with van der Waals surface area (Å²) in [7, 11) is 0. The van der Waals surface area contributed by atoms with Crippen LogP contribution < -0.4 is 5.32 Å². The van der Waals surface area contributed by atoms with Gasteiger partial charge in [0, 0.05) is 11.7 Å². The maximum absolute atomic E-state index is 3.56. The average molecular weight is 267 g/mol. The van der Waals surface area contributed by atoms with E-state index in [1.54, 1.807) is 0 Å². The number of aryl methyl sites for hydroxylation is 2. The molecule has 1 heteroatoms. The predicted octanol–water partition coefficient (Wildman–Crippen LogP) is 5.51. The molecule has 106 valence electrons. The van der Waals surface area contributed by atoms with Crippen molar-refractivity contribution in [3.05, 3.63) is 65.2 Å². The maximum Gasteiger partial charge on any atom is 0.0485 e. The quantitative estimate of drug-likeness (QED) is 0.727. The monoisotopic (exact) mass is 267 g/mol. The van der Waals surface area contributed by atoms with E-state index in [1.165, 1.54) is 41.6 Å². The minimum Gasteiger partial charge on any atom is -0.379 e. The van der Waals surface area contributed by atoms with Crippen LogP contribution in [-0.4, -0.2) is 0 Å². The minimum atomic E-state index is 0.331. The molecule has 0 bridgehead atoms. The normalized spacial score (nSPS) is 12.2. The molecule has 0 radical (unpaired) electrons. The van der Waals surface area contributed by atoms with Gasteiger partial charge in [0.25, 0.3) is 0 Å². The summed E-state index contributed by atoms with van der Waals surface area (Å²) in [6, 6.07) is 17.9. The molecule has 0 unspecified atom stereocenters. The third kappa shape index (κ3) is 4.12. The van der Waals surface area contributed by atoms with E-state index in [0.29, 0.717) is 6.04 Å². The molecule has 1 nitrogen and oxygen atoms in total. The van der Waals surface area contributed by atoms with Gasteiger partial charge in [-0.15, -0.1) is 0 Å². The largest absolute Gasteiger partial charge is 0.379 e. The van der Waals surface area contributed by atoms with Crippen LogP contribution in [0.1, 0.15) is 49.4 Å². The highest BCUT2D eigenvalue weighted by atomic mass is 14.9. The molecule has 2 aromatic rings. The van der Waals surface area contributed by atoms with Crippen LogP contribution >= 0.6 is 0 Å². The standard InChI is InChI=1S/C19H25N/c1-4-5-6-17-9-13-19(14-10-17)20-16(3)18-11-7-15(2)8-12-18/h7-14,16,20H,4-6H2,1-3H3/t16-/m0/s1. The molecular weight excluding hydrogens is 242 g/mol. The van der Waals surface area contributed by atoms with Crippen molar-refractivity contribution < 1.29 is 0 Å². The van der Waals surface area contributed by atoms with Gasteiger partial charge in [-0.3, -0.25) is 0 Å². The van der Waals surface area contributed by atoms with Crippen molar-refractivity contribution in [1.82, 2.24) is 0 Å². The van der Waals surface area contributed by atoms with Gasteiger partial charge >= 0.3 is 0 Å². The summed E-state index contributed by atoms with van der Waals surface area (Å²) >= 11 is 0. The van der Waals surface area contributed by atoms with E-state index in [0.717, 1.165) is 0 Å². The van der Waals surface area contributed by atoms with E-state index < -0.39 is 0 Å². The van der Waals surface area contributed by atoms with Gasteiger partial charge in [0.15, 0.2) is 0 Å². The lowest BCUT2D eigenvalue weighted by Crippen LogP contribution is -2.06. The Morgan fingerprint density at radius 2 is 1.60 bits per heavy atom. The Labute approximate surface area is 123 Å². The number of hydrogen-bond donors (Lipinski definition) is 1. The summed E-state index contributed by atoms with van der Waals surface area (Å²) in [6.07, 6.45) is 3.71. The Balaban J connectivity index is 1.97. The molecule has 0 saturated heterocycles. The molecule has 0 amide bonds. The van der Waals surface area contributed by atoms with E-state index in [1.807, 2.05) is 0 Å². The van der Waals surface area contributed by atoms with Crippen LogP contribution in [0.25, 0.3) is 0 Å². The number of anilines is 1. The van der Waals surface area contributed by atoms with Gasteiger partial charge in [0.1, 0.15) is 0 Å². The first-order valence-corrected chi connectivity index (χ1v) is 7.61. The highest BCUT2D eigenvalue weighted by molar-refractivity contribution is 5.46. The molecule has 20 heavy (non-hydrogen) atoms. The molecule has 0 spiro atoms. The van der Waals surface area contributed by atoms with Crippen molar-refractivity contribution in [3.8, 4) is 0 Å². The van der Waals surface area contributed by atoms with Gasteiger partial charge in [-0.2, -0.15) is 0 Å². The number of hydrogen-bond acceptors (Lipinski definition) is 1. The van der Waals surface area contributed by atoms with Gasteiger partial charge in [0.2, 0.25) is 0 Å². The molecule has 0 saturated carbocycles. The Bertz CT molecular complexity index is 510. The SMILES string of the molecule is CCCCc1ccc(N[C@@H](C)c2ccc(C)cc2)cc1. The molecule has 0 fully saturated rings. The molecule has 2 rings (SSSR count). The second-order valence-electron chi connectivity index (χ2n) is 5.58. The van der Waals surface area contributed by atoms with Gasteiger partial charge in [-0.05, 0) is 49.9 Å². The summed E-state index contributed by atoms with van der Waals surface area (Å²) in [5, 5.41) is 3.56. The molecule has 0 heterocycles. The van der Waals surface area contributed by atoms with Crippen molar-refractivity contribution in [1.29, 1.82) is 0 Å². The van der Waals surface area contributed by atoms with E-state index >= 15 is 0 Å². The number of unbranched alkanes of at least 4 members (excludes halogenated alkanes) is 1. The molecule has 1 N–H and O–H groups in total. The van der Waals surface area contributed by atoms with Crippen LogP contribution in [0.4, 0.5) is 5.69 Å². The lowest BCUT2D eigenvalue weighted by molar-refractivity contribution is 0.795. The summed E-state index contributed by atoms with van der Waals surface area (Å²) in [6.45, 7) is 6.56. The molecule has 1 atom stereocenters. The van der Waals surface area contributed by atoms with E-state index in [2.05, 4.69) is 74.6 Å². The highest BCUT2D eigenvalue weighted by Crippen LogP contribution is 2.20. The van der Waals surface area contributed by atoms with Crippen LogP contribution in [0.2, 0.25) is 0 Å². The van der Waals surface area contributed by atoms with Gasteiger partial charge in [-0.25, -0.2) is 0 Å². The van der Waals surface area contributed by atoms with Crippen LogP contribution in [0, 0.1) is 6.92 Å². The Morgan fingerprint density at radius 1 is 0.950 bits per heavy atom. The predicted molar refractivity (Wildman–Crippen MR) is 88.3 cm³/mol. The second kappa shape index (κ2) is 7.14. The Kier molecular flexibility index (Phi) is 5.23. The molecular formula is C19H25N. The minimum absolute atomic E-state index is 0.331. The Hall–Kier alpha value is -1.76. The van der Waals surface area contributed by atoms with Crippen LogP contribution in [0.15, 0.2) is 48.5 Å². The third-order valence-corrected chi connectivity index (χ3v) is 3.73. The number of nitrogens with one attached hydrogen (secondary N) is 1. The smallest absolute Gasteiger partial charge is 0.0485 e. The lowest BCUT2D eigenvalue weighted by Gasteiger charge is -2.16. The lowest BCUT2D eigenvalue weighted by atomic mass is 10.1. The van der Waals surface area contributed by atoms with E-state index in [-0.39, 0.29) is 0 Å². The van der Waals surface area contributed by atoms with Gasteiger partial charge < -0.3 is 5.32 Å². The maximum atomic E-state index is 3.56. The highest BCUT2D eigenvalue weighted by Gasteiger charge is 2.04. The topological polar surface area (TPSA) is 12.0 Å². The Morgan fingerprint density at radius 3 is 2.20 bits per heavy atom. The van der Waals surface area contributed by atoms with Gasteiger partial charge in [0.05, 0.1) is 0 Å². The van der Waals surface area contributed by atoms with Crippen LogP contribution in [-0.2, 0) is 6.42 Å². The number of benzene rings is 2. The first-order chi connectivity index (χ1) is 9.69. The number of rotatable bonds is 6. The second-order valence-corrected chi connectivity index (χ2v) is 5.58. The summed E-state index contributed by atoms with van der Waals surface area (Å²) in [4.78, 5) is 0. The van der Waals surface area contributed by atoms with Crippen molar-refractivity contribution >= 4 is 5.69 Å². The van der Waals surface area contributed by atoms with Crippen molar-refractivity contribution in [3.63, 3.8) is 0 Å². The third-order valence-electron chi connectivity index (χ3n) is 3.73. The first kappa shape index (κ1) is 14.6. The molecule has 0 aromatic heterocycles. The molecule has 0 aliphatic heterocycles. The zero-order chi connectivity index (χ0) is 14.4. The fourth-order valence-corrected chi connectivity index (χ4v) is 2.34. The summed E-state index contributed by atoms with van der Waals surface area (Å²) in [5.41, 5.74) is 5.26. The van der Waals surface area contributed by atoms with Crippen LogP contribution in [0.3, 0.4) is 0 Å². The average Bonchev–Trinajstić information content (AvgIpc) is 2.47. The summed E-state index contributed by atoms with van der Waals surface area (Å²) in [5.74, 6) is 0. The van der Waals surface area contributed by atoms with Gasteiger partial charge in [-0.1, -0.05) is 55.3 Å². The van der Waals surface area contributed by atoms with Crippen molar-refractivity contribution in [2.45, 2.75) is 46.1 Å². The van der Waals surface area contributed by atoms with Crippen LogP contribution in [0.5, 0.6) is 0 Å². The molecule has 2 aromatic carbocycles. The van der Waals surface area contributed by atoms with E-state index in [4.69, 9.17) is 0 Å². The van der Waals surface area contributed by atoms with E-state index in [9.17, 15) is 0 Å².